The molecule has 2 aromatic carbocycles. The van der Waals surface area contributed by atoms with Crippen molar-refractivity contribution in [3.05, 3.63) is 57.3 Å². The molecule has 2 fully saturated rings. The maximum absolute atomic E-state index is 13.9. The number of halogens is 2. The number of rotatable bonds is 10. The van der Waals surface area contributed by atoms with Crippen molar-refractivity contribution in [2.45, 2.75) is 117 Å². The van der Waals surface area contributed by atoms with E-state index >= 15 is 0 Å². The number of methoxy groups -OCH3 is 2. The van der Waals surface area contributed by atoms with Gasteiger partial charge in [0.1, 0.15) is 70.1 Å². The number of benzene rings is 2. The summed E-state index contributed by atoms with van der Waals surface area (Å²) in [6.07, 6.45) is 1.53. The second-order valence-electron chi connectivity index (χ2n) is 17.3. The number of ether oxygens (including phenoxy) is 4. The molecule has 4 N–H and O–H groups in total. The molecule has 2 aromatic heterocycles. The highest BCUT2D eigenvalue weighted by atomic mass is 35.5. The molecule has 18 heteroatoms. The van der Waals surface area contributed by atoms with E-state index in [2.05, 4.69) is 20.6 Å². The second-order valence-corrected chi connectivity index (χ2v) is 18.0. The Morgan fingerprint density at radius 1 is 0.677 bits per heavy atom. The molecule has 8 rings (SSSR count). The summed E-state index contributed by atoms with van der Waals surface area (Å²) in [5, 5.41) is 6.07. The highest BCUT2D eigenvalue weighted by Gasteiger charge is 2.43. The second kappa shape index (κ2) is 17.0. The lowest BCUT2D eigenvalue weighted by atomic mass is 9.87. The number of alkyl carbamates (subject to hydrolysis) is 2. The van der Waals surface area contributed by atoms with Gasteiger partial charge in [0.2, 0.25) is 11.8 Å². The molecular weight excluding hydrogens is 839 g/mol. The van der Waals surface area contributed by atoms with Crippen LogP contribution in [-0.4, -0.2) is 92.1 Å². The minimum Gasteiger partial charge on any atom is -0.488 e. The molecule has 4 aromatic rings. The monoisotopic (exact) mass is 890 g/mol. The Morgan fingerprint density at radius 3 is 1.42 bits per heavy atom. The zero-order valence-corrected chi connectivity index (χ0v) is 37.5. The molecule has 4 aliphatic rings. The molecule has 6 heterocycles. The van der Waals surface area contributed by atoms with E-state index in [-0.39, 0.29) is 61.0 Å². The van der Waals surface area contributed by atoms with Crippen LogP contribution >= 0.6 is 23.2 Å². The number of amides is 4. The van der Waals surface area contributed by atoms with Crippen molar-refractivity contribution in [1.82, 2.24) is 40.4 Å². The Bertz CT molecular complexity index is 2220. The van der Waals surface area contributed by atoms with Crippen molar-refractivity contribution in [1.29, 1.82) is 0 Å². The van der Waals surface area contributed by atoms with Gasteiger partial charge in [-0.15, -0.1) is 0 Å². The minimum atomic E-state index is -0.773. The first-order chi connectivity index (χ1) is 29.6. The molecular formula is C44H52Cl2N8O8. The molecule has 6 atom stereocenters. The molecule has 4 amide bonds. The van der Waals surface area contributed by atoms with Gasteiger partial charge in [0.25, 0.3) is 0 Å². The van der Waals surface area contributed by atoms with E-state index in [1.54, 1.807) is 9.80 Å². The summed E-state index contributed by atoms with van der Waals surface area (Å²) in [7, 11) is 2.55. The first kappa shape index (κ1) is 43.2. The number of hydrogen-bond donors (Lipinski definition) is 4. The van der Waals surface area contributed by atoms with Gasteiger partial charge >= 0.3 is 12.2 Å². The number of carbonyl (C=O) groups excluding carboxylic acids is 4. The number of likely N-dealkylation sites (tertiary alicyclic amines) is 2. The Labute approximate surface area is 369 Å². The molecule has 0 radical (unpaired) electrons. The highest BCUT2D eigenvalue weighted by Crippen LogP contribution is 2.52. The van der Waals surface area contributed by atoms with Crippen LogP contribution in [0.1, 0.15) is 102 Å². The van der Waals surface area contributed by atoms with Gasteiger partial charge in [0.05, 0.1) is 26.3 Å². The smallest absolute Gasteiger partial charge is 0.407 e. The van der Waals surface area contributed by atoms with Crippen LogP contribution in [0.3, 0.4) is 0 Å². The lowest BCUT2D eigenvalue weighted by molar-refractivity contribution is -0.138. The summed E-state index contributed by atoms with van der Waals surface area (Å²) in [4.78, 5) is 72.2. The first-order valence-electron chi connectivity index (χ1n) is 21.0. The van der Waals surface area contributed by atoms with Crippen molar-refractivity contribution in [2.75, 3.05) is 14.2 Å². The maximum Gasteiger partial charge on any atom is 0.407 e. The van der Waals surface area contributed by atoms with E-state index in [0.29, 0.717) is 57.7 Å². The fraction of sp³-hybridized carbons (Fsp3) is 0.500. The Hall–Kier alpha value is -5.48. The fourth-order valence-corrected chi connectivity index (χ4v) is 9.85. The van der Waals surface area contributed by atoms with Crippen LogP contribution in [0, 0.1) is 11.8 Å². The third-order valence-electron chi connectivity index (χ3n) is 12.5. The van der Waals surface area contributed by atoms with Crippen LogP contribution in [0.2, 0.25) is 10.3 Å². The standard InChI is InChI=1S/C44H52Cl2N8O8/c1-19(2)33(49-43(57)59-7)41(55)53-21(5)9-11-27(53)39-47-35(37(45)51-39)23-13-25-17-62-30-16-24(14-26-18-61-29(15-23)31(25)32(26)30)36-38(46)52-40(48-36)28-12-10-22(6)54(28)42(56)34(20(3)4)50-44(58)60-8/h13-16,19-22,27-28,33-34H,9-12,17-18H2,1-8H3,(H,47,51)(H,48,52)(H,49,57)(H,50,58)/t21-,22-,27+,28+,33+,34+/m1/s1. The summed E-state index contributed by atoms with van der Waals surface area (Å²) < 4.78 is 22.5. The van der Waals surface area contributed by atoms with Crippen molar-refractivity contribution >= 4 is 47.2 Å². The number of hydrogen-bond acceptors (Lipinski definition) is 10. The van der Waals surface area contributed by atoms with Crippen LogP contribution < -0.4 is 20.1 Å². The zero-order chi connectivity index (χ0) is 44.3. The van der Waals surface area contributed by atoms with Crippen LogP contribution in [0.4, 0.5) is 9.59 Å². The average Bonchev–Trinajstić information content (AvgIpc) is 4.04. The molecule has 16 nitrogen and oxygen atoms in total. The fourth-order valence-electron chi connectivity index (χ4n) is 9.36. The first-order valence-corrected chi connectivity index (χ1v) is 21.8. The molecule has 330 valence electrons. The van der Waals surface area contributed by atoms with Crippen molar-refractivity contribution in [3.8, 4) is 45.1 Å². The third-order valence-corrected chi connectivity index (χ3v) is 13.1. The van der Waals surface area contributed by atoms with Crippen molar-refractivity contribution in [3.63, 3.8) is 0 Å². The summed E-state index contributed by atoms with van der Waals surface area (Å²) in [6.45, 7) is 12.0. The number of nitrogens with zero attached hydrogens (tertiary/aromatic N) is 4. The largest absolute Gasteiger partial charge is 0.488 e. The molecule has 0 saturated carbocycles. The van der Waals surface area contributed by atoms with E-state index in [0.717, 1.165) is 46.2 Å². The van der Waals surface area contributed by atoms with E-state index < -0.39 is 24.3 Å². The summed E-state index contributed by atoms with van der Waals surface area (Å²) in [5.74, 6) is 1.69. The zero-order valence-electron chi connectivity index (χ0n) is 36.0. The summed E-state index contributed by atoms with van der Waals surface area (Å²) in [5.41, 5.74) is 6.18. The normalized spacial score (nSPS) is 21.0. The number of imidazole rings is 2. The van der Waals surface area contributed by atoms with Crippen LogP contribution in [-0.2, 0) is 32.3 Å². The molecule has 62 heavy (non-hydrogen) atoms. The molecule has 0 bridgehead atoms. The topological polar surface area (TPSA) is 193 Å². The number of aromatic amines is 2. The quantitative estimate of drug-likeness (QED) is 0.121. The van der Waals surface area contributed by atoms with Gasteiger partial charge in [-0.1, -0.05) is 50.9 Å². The average molecular weight is 892 g/mol. The lowest BCUT2D eigenvalue weighted by Gasteiger charge is -2.33. The van der Waals surface area contributed by atoms with E-state index in [4.69, 9.17) is 52.1 Å². The third kappa shape index (κ3) is 7.69. The summed E-state index contributed by atoms with van der Waals surface area (Å²) >= 11 is 13.8. The van der Waals surface area contributed by atoms with Crippen LogP contribution in [0.25, 0.3) is 33.6 Å². The summed E-state index contributed by atoms with van der Waals surface area (Å²) in [6, 6.07) is 5.41. The Balaban J connectivity index is 1.06. The minimum absolute atomic E-state index is 0.0850. The van der Waals surface area contributed by atoms with Gasteiger partial charge in [-0.25, -0.2) is 19.6 Å². The number of nitrogens with one attached hydrogen (secondary N) is 4. The van der Waals surface area contributed by atoms with Gasteiger partial charge in [-0.05, 0) is 75.6 Å². The Morgan fingerprint density at radius 2 is 1.06 bits per heavy atom. The molecule has 0 unspecified atom stereocenters. The lowest BCUT2D eigenvalue weighted by Crippen LogP contribution is -2.52. The van der Waals surface area contributed by atoms with Gasteiger partial charge in [0, 0.05) is 45.5 Å². The van der Waals surface area contributed by atoms with Crippen LogP contribution in [0.5, 0.6) is 11.5 Å². The maximum atomic E-state index is 13.9. The van der Waals surface area contributed by atoms with E-state index in [9.17, 15) is 19.2 Å². The molecule has 0 aliphatic carbocycles. The predicted octanol–water partition coefficient (Wildman–Crippen LogP) is 8.09. The predicted molar refractivity (Wildman–Crippen MR) is 231 cm³/mol. The van der Waals surface area contributed by atoms with Crippen molar-refractivity contribution in [2.24, 2.45) is 11.8 Å². The van der Waals surface area contributed by atoms with Gasteiger partial charge in [-0.3, -0.25) is 9.59 Å². The van der Waals surface area contributed by atoms with Gasteiger partial charge < -0.3 is 49.3 Å². The molecule has 2 saturated heterocycles. The number of aromatic nitrogens is 4. The van der Waals surface area contributed by atoms with Crippen LogP contribution in [0.15, 0.2) is 24.3 Å². The van der Waals surface area contributed by atoms with Crippen molar-refractivity contribution < 1.29 is 38.1 Å². The van der Waals surface area contributed by atoms with Gasteiger partial charge in [-0.2, -0.15) is 0 Å². The van der Waals surface area contributed by atoms with E-state index in [1.165, 1.54) is 14.2 Å². The SMILES string of the molecule is COC(=O)N[C@H](C(=O)N1[C@H](C)CC[C@H]1c1nc(-c2cc3c4c(c2)OCc2cc(-c5nc([C@@H]6CC[C@@H](C)N6C(=O)[C@@H](NC(=O)OC)C(C)C)[nH]c5Cl)cc(c2-4)OC3)c(Cl)[nH]1)C(C)C. The number of carbonyl (C=O) groups is 4. The number of H-pyrrole nitrogens is 2. The molecule has 0 spiro atoms. The Kier molecular flexibility index (Phi) is 11.8. The highest BCUT2D eigenvalue weighted by molar-refractivity contribution is 6.32. The molecule has 4 aliphatic heterocycles. The van der Waals surface area contributed by atoms with Gasteiger partial charge in [0.15, 0.2) is 0 Å². The van der Waals surface area contributed by atoms with E-state index in [1.807, 2.05) is 65.8 Å².